The van der Waals surface area contributed by atoms with Gasteiger partial charge in [0.2, 0.25) is 0 Å². The smallest absolute Gasteiger partial charge is 0.257 e. The van der Waals surface area contributed by atoms with E-state index >= 15 is 0 Å². The summed E-state index contributed by atoms with van der Waals surface area (Å²) in [7, 11) is 3.08. The summed E-state index contributed by atoms with van der Waals surface area (Å²) in [4.78, 5) is 12.7. The van der Waals surface area contributed by atoms with Gasteiger partial charge in [0.25, 0.3) is 5.91 Å². The van der Waals surface area contributed by atoms with Crippen molar-refractivity contribution in [3.8, 4) is 11.5 Å². The van der Waals surface area contributed by atoms with Crippen LogP contribution < -0.4 is 14.8 Å². The highest BCUT2D eigenvalue weighted by atomic mass is 79.9. The Labute approximate surface area is 159 Å². The second-order valence-corrected chi connectivity index (χ2v) is 6.30. The quantitative estimate of drug-likeness (QED) is 0.661. The van der Waals surface area contributed by atoms with Crippen molar-refractivity contribution in [1.82, 2.24) is 9.78 Å². The van der Waals surface area contributed by atoms with Crippen LogP contribution in [0.4, 0.5) is 5.82 Å². The molecule has 134 valence electrons. The number of anilines is 1. The lowest BCUT2D eigenvalue weighted by Gasteiger charge is -2.12. The number of nitrogens with zero attached hydrogens (tertiary/aromatic N) is 2. The summed E-state index contributed by atoms with van der Waals surface area (Å²) in [5.41, 5.74) is 1.52. The van der Waals surface area contributed by atoms with Crippen LogP contribution in [-0.4, -0.2) is 29.9 Å². The number of methoxy groups -OCH3 is 2. The largest absolute Gasteiger partial charge is 0.495 e. The second kappa shape index (κ2) is 8.05. The minimum absolute atomic E-state index is 0.274. The summed E-state index contributed by atoms with van der Waals surface area (Å²) < 4.78 is 13.0. The summed E-state index contributed by atoms with van der Waals surface area (Å²) >= 11 is 3.40. The second-order valence-electron chi connectivity index (χ2n) is 5.51. The van der Waals surface area contributed by atoms with Crippen LogP contribution in [0.3, 0.4) is 0 Å². The Bertz CT molecular complexity index is 884. The molecule has 7 heteroatoms. The molecule has 0 radical (unpaired) electrons. The third kappa shape index (κ3) is 3.88. The number of halogens is 1. The molecule has 0 atom stereocenters. The first-order chi connectivity index (χ1) is 12.6. The molecule has 3 aromatic rings. The van der Waals surface area contributed by atoms with Crippen LogP contribution in [0, 0.1) is 0 Å². The number of carbonyl (C=O) groups excluding carboxylic acids is 1. The predicted octanol–water partition coefficient (Wildman–Crippen LogP) is 3.96. The first-order valence-corrected chi connectivity index (χ1v) is 8.70. The Kier molecular flexibility index (Phi) is 5.58. The van der Waals surface area contributed by atoms with Gasteiger partial charge in [-0.3, -0.25) is 4.79 Å². The molecule has 6 nitrogen and oxygen atoms in total. The van der Waals surface area contributed by atoms with E-state index in [0.717, 1.165) is 5.56 Å². The van der Waals surface area contributed by atoms with Crippen molar-refractivity contribution in [2.75, 3.05) is 19.5 Å². The summed E-state index contributed by atoms with van der Waals surface area (Å²) in [6.45, 7) is 0.566. The van der Waals surface area contributed by atoms with E-state index in [1.54, 1.807) is 29.1 Å². The van der Waals surface area contributed by atoms with Crippen molar-refractivity contribution in [3.63, 3.8) is 0 Å². The zero-order valence-electron chi connectivity index (χ0n) is 14.4. The fraction of sp³-hybridized carbons (Fsp3) is 0.158. The predicted molar refractivity (Wildman–Crippen MR) is 103 cm³/mol. The molecular formula is C19H18BrN3O3. The van der Waals surface area contributed by atoms with Gasteiger partial charge in [-0.2, -0.15) is 5.10 Å². The molecule has 1 amide bonds. The van der Waals surface area contributed by atoms with E-state index in [0.29, 0.717) is 33.9 Å². The van der Waals surface area contributed by atoms with Crippen molar-refractivity contribution in [2.24, 2.45) is 0 Å². The molecular weight excluding hydrogens is 398 g/mol. The van der Waals surface area contributed by atoms with Gasteiger partial charge in [-0.05, 0) is 33.6 Å². The molecule has 0 unspecified atom stereocenters. The molecule has 1 aromatic heterocycles. The average Bonchev–Trinajstić information content (AvgIpc) is 3.09. The Hall–Kier alpha value is -2.80. The summed E-state index contributed by atoms with van der Waals surface area (Å²) in [5, 5.41) is 7.17. The molecule has 0 aliphatic rings. The van der Waals surface area contributed by atoms with E-state index in [1.807, 2.05) is 30.3 Å². The average molecular weight is 416 g/mol. The number of hydrogen-bond donors (Lipinski definition) is 1. The van der Waals surface area contributed by atoms with Gasteiger partial charge < -0.3 is 14.8 Å². The molecule has 0 aliphatic heterocycles. The molecule has 1 N–H and O–H groups in total. The number of aromatic nitrogens is 2. The van der Waals surface area contributed by atoms with Crippen LogP contribution in [0.1, 0.15) is 15.9 Å². The van der Waals surface area contributed by atoms with Crippen LogP contribution >= 0.6 is 15.9 Å². The SMILES string of the molecule is COc1cc(C(=O)Nc2ccnn2Cc2ccccc2)cc(OC)c1Br. The normalized spacial score (nSPS) is 10.4. The maximum Gasteiger partial charge on any atom is 0.257 e. The summed E-state index contributed by atoms with van der Waals surface area (Å²) in [5.74, 6) is 1.38. The lowest BCUT2D eigenvalue weighted by Crippen LogP contribution is -2.16. The van der Waals surface area contributed by atoms with Crippen LogP contribution in [0.15, 0.2) is 59.2 Å². The maximum absolute atomic E-state index is 12.7. The van der Waals surface area contributed by atoms with Crippen molar-refractivity contribution >= 4 is 27.7 Å². The number of nitrogens with one attached hydrogen (secondary N) is 1. The van der Waals surface area contributed by atoms with Gasteiger partial charge in [0, 0.05) is 11.6 Å². The van der Waals surface area contributed by atoms with Crippen molar-refractivity contribution < 1.29 is 14.3 Å². The lowest BCUT2D eigenvalue weighted by molar-refractivity contribution is 0.102. The third-order valence-corrected chi connectivity index (χ3v) is 4.62. The minimum Gasteiger partial charge on any atom is -0.495 e. The molecule has 0 saturated heterocycles. The fourth-order valence-corrected chi connectivity index (χ4v) is 3.06. The zero-order valence-corrected chi connectivity index (χ0v) is 16.0. The van der Waals surface area contributed by atoms with E-state index in [1.165, 1.54) is 14.2 Å². The Morgan fingerprint density at radius 1 is 1.12 bits per heavy atom. The Morgan fingerprint density at radius 3 is 2.38 bits per heavy atom. The molecule has 0 fully saturated rings. The van der Waals surface area contributed by atoms with E-state index in [4.69, 9.17) is 9.47 Å². The van der Waals surface area contributed by atoms with Crippen LogP contribution in [0.2, 0.25) is 0 Å². The molecule has 0 spiro atoms. The number of amides is 1. The lowest BCUT2D eigenvalue weighted by atomic mass is 10.2. The van der Waals surface area contributed by atoms with Gasteiger partial charge in [0.15, 0.2) is 0 Å². The molecule has 0 bridgehead atoms. The molecule has 2 aromatic carbocycles. The zero-order chi connectivity index (χ0) is 18.5. The Balaban J connectivity index is 1.82. The van der Waals surface area contributed by atoms with Crippen molar-refractivity contribution in [3.05, 3.63) is 70.3 Å². The highest BCUT2D eigenvalue weighted by molar-refractivity contribution is 9.10. The molecule has 26 heavy (non-hydrogen) atoms. The van der Waals surface area contributed by atoms with Gasteiger partial charge in [0.05, 0.1) is 27.0 Å². The maximum atomic E-state index is 12.7. The number of hydrogen-bond acceptors (Lipinski definition) is 4. The first-order valence-electron chi connectivity index (χ1n) is 7.91. The van der Waals surface area contributed by atoms with Crippen LogP contribution in [0.5, 0.6) is 11.5 Å². The summed E-state index contributed by atoms with van der Waals surface area (Å²) in [6.07, 6.45) is 1.65. The fourth-order valence-electron chi connectivity index (χ4n) is 2.51. The van der Waals surface area contributed by atoms with E-state index < -0.39 is 0 Å². The molecule has 0 saturated carbocycles. The topological polar surface area (TPSA) is 65.4 Å². The number of rotatable bonds is 6. The monoisotopic (exact) mass is 415 g/mol. The van der Waals surface area contributed by atoms with Crippen molar-refractivity contribution in [1.29, 1.82) is 0 Å². The van der Waals surface area contributed by atoms with Gasteiger partial charge in [-0.15, -0.1) is 0 Å². The number of ether oxygens (including phenoxy) is 2. The van der Waals surface area contributed by atoms with Crippen molar-refractivity contribution in [2.45, 2.75) is 6.54 Å². The van der Waals surface area contributed by atoms with E-state index in [9.17, 15) is 4.79 Å². The van der Waals surface area contributed by atoms with Gasteiger partial charge in [-0.1, -0.05) is 30.3 Å². The van der Waals surface area contributed by atoms with Crippen LogP contribution in [-0.2, 0) is 6.54 Å². The highest BCUT2D eigenvalue weighted by Gasteiger charge is 2.16. The standard InChI is InChI=1S/C19H18BrN3O3/c1-25-15-10-14(11-16(26-2)18(15)20)19(24)22-17-8-9-21-23(17)12-13-6-4-3-5-7-13/h3-11H,12H2,1-2H3,(H,22,24). The van der Waals surface area contributed by atoms with E-state index in [2.05, 4.69) is 26.3 Å². The minimum atomic E-state index is -0.274. The summed E-state index contributed by atoms with van der Waals surface area (Å²) in [6, 6.07) is 15.0. The van der Waals surface area contributed by atoms with E-state index in [-0.39, 0.29) is 5.91 Å². The molecule has 1 heterocycles. The van der Waals surface area contributed by atoms with Gasteiger partial charge in [0.1, 0.15) is 21.8 Å². The third-order valence-electron chi connectivity index (χ3n) is 3.84. The highest BCUT2D eigenvalue weighted by Crippen LogP contribution is 2.35. The molecule has 0 aliphatic carbocycles. The van der Waals surface area contributed by atoms with Crippen LogP contribution in [0.25, 0.3) is 0 Å². The van der Waals surface area contributed by atoms with Gasteiger partial charge >= 0.3 is 0 Å². The number of carbonyl (C=O) groups is 1. The Morgan fingerprint density at radius 2 is 1.77 bits per heavy atom. The molecule has 3 rings (SSSR count). The van der Waals surface area contributed by atoms with Gasteiger partial charge in [-0.25, -0.2) is 4.68 Å². The number of benzene rings is 2. The first kappa shape index (κ1) is 18.0.